The van der Waals surface area contributed by atoms with E-state index in [1.807, 2.05) is 13.8 Å². The van der Waals surface area contributed by atoms with Crippen molar-refractivity contribution in [3.05, 3.63) is 50.3 Å². The second kappa shape index (κ2) is 9.51. The fourth-order valence-corrected chi connectivity index (χ4v) is 5.61. The molecule has 1 aromatic rings. The third-order valence-corrected chi connectivity index (χ3v) is 6.79. The van der Waals surface area contributed by atoms with Gasteiger partial charge in [-0.3, -0.25) is 14.4 Å². The van der Waals surface area contributed by atoms with Crippen LogP contribution >= 0.6 is 23.2 Å². The predicted octanol–water partition coefficient (Wildman–Crippen LogP) is 5.53. The maximum absolute atomic E-state index is 13.3. The molecule has 0 unspecified atom stereocenters. The van der Waals surface area contributed by atoms with E-state index < -0.39 is 11.9 Å². The third-order valence-electron chi connectivity index (χ3n) is 6.29. The van der Waals surface area contributed by atoms with Crippen molar-refractivity contribution in [1.29, 1.82) is 0 Å². The maximum Gasteiger partial charge on any atom is 0.323 e. The van der Waals surface area contributed by atoms with Crippen molar-refractivity contribution in [2.75, 3.05) is 13.2 Å². The highest BCUT2D eigenvalue weighted by Gasteiger charge is 2.44. The molecule has 33 heavy (non-hydrogen) atoms. The average molecular weight is 492 g/mol. The zero-order chi connectivity index (χ0) is 23.9. The summed E-state index contributed by atoms with van der Waals surface area (Å²) in [5, 5.41) is 10.3. The normalized spacial score (nSPS) is 19.2. The molecule has 8 heteroatoms. The van der Waals surface area contributed by atoms with E-state index >= 15 is 0 Å². The summed E-state index contributed by atoms with van der Waals surface area (Å²) in [4.78, 5) is 40.0. The van der Waals surface area contributed by atoms with Gasteiger partial charge in [0.25, 0.3) is 0 Å². The van der Waals surface area contributed by atoms with Crippen molar-refractivity contribution >= 4 is 40.7 Å². The van der Waals surface area contributed by atoms with E-state index in [2.05, 4.69) is 0 Å². The first-order valence-electron chi connectivity index (χ1n) is 11.3. The first kappa shape index (κ1) is 23.8. The first-order chi connectivity index (χ1) is 15.7. The Morgan fingerprint density at radius 2 is 1.64 bits per heavy atom. The van der Waals surface area contributed by atoms with Crippen molar-refractivity contribution in [2.45, 2.75) is 58.3 Å². The summed E-state index contributed by atoms with van der Waals surface area (Å²) in [6.45, 7) is 4.17. The molecule has 0 bridgehead atoms. The molecule has 176 valence electrons. The van der Waals surface area contributed by atoms with Gasteiger partial charge >= 0.3 is 5.97 Å². The molecule has 3 aliphatic rings. The van der Waals surface area contributed by atoms with Gasteiger partial charge in [-0.15, -0.1) is 0 Å². The summed E-state index contributed by atoms with van der Waals surface area (Å²) in [6.07, 6.45) is 3.14. The van der Waals surface area contributed by atoms with Crippen LogP contribution in [0.2, 0.25) is 10.0 Å². The smallest absolute Gasteiger partial charge is 0.323 e. The quantitative estimate of drug-likeness (QED) is 0.563. The molecule has 6 nitrogen and oxygen atoms in total. The van der Waals surface area contributed by atoms with E-state index in [9.17, 15) is 19.5 Å². The highest BCUT2D eigenvalue weighted by atomic mass is 35.5. The highest BCUT2D eigenvalue weighted by molar-refractivity contribution is 6.35. The van der Waals surface area contributed by atoms with Crippen LogP contribution in [0.3, 0.4) is 0 Å². The molecule has 0 fully saturated rings. The van der Waals surface area contributed by atoms with Crippen molar-refractivity contribution in [3.63, 3.8) is 0 Å². The number of carboxylic acids is 1. The maximum atomic E-state index is 13.3. The van der Waals surface area contributed by atoms with E-state index in [-0.39, 0.29) is 24.0 Å². The number of benzene rings is 1. The minimum atomic E-state index is -1.00. The number of Topliss-reactive ketones (excluding diaryl/α,β-unsaturated/α-hetero) is 2. The number of carboxylic acid groups (broad SMARTS) is 1. The number of allylic oxidation sites excluding steroid dienone is 4. The summed E-state index contributed by atoms with van der Waals surface area (Å²) >= 11 is 13.0. The number of ether oxygens (including phenoxy) is 1. The Bertz CT molecular complexity index is 1040. The van der Waals surface area contributed by atoms with Crippen molar-refractivity contribution in [1.82, 2.24) is 4.90 Å². The number of nitrogens with zero attached hydrogens (tertiary/aromatic N) is 1. The van der Waals surface area contributed by atoms with Crippen LogP contribution in [-0.2, 0) is 14.4 Å². The average Bonchev–Trinajstić information content (AvgIpc) is 2.73. The molecular formula is C25H27Cl2NO5. The van der Waals surface area contributed by atoms with E-state index in [1.165, 1.54) is 0 Å². The van der Waals surface area contributed by atoms with E-state index in [0.29, 0.717) is 89.0 Å². The summed E-state index contributed by atoms with van der Waals surface area (Å²) in [5.74, 6) is -1.17. The topological polar surface area (TPSA) is 83.9 Å². The molecule has 0 amide bonds. The zero-order valence-corrected chi connectivity index (χ0v) is 20.3. The molecule has 1 aliphatic heterocycles. The van der Waals surface area contributed by atoms with Crippen LogP contribution in [0.4, 0.5) is 0 Å². The first-order valence-corrected chi connectivity index (χ1v) is 12.1. The van der Waals surface area contributed by atoms with Crippen LogP contribution in [0.25, 0.3) is 0 Å². The molecule has 4 rings (SSSR count). The lowest BCUT2D eigenvalue weighted by molar-refractivity contribution is -0.138. The van der Waals surface area contributed by atoms with Gasteiger partial charge in [-0.2, -0.15) is 0 Å². The number of hydrogen-bond acceptors (Lipinski definition) is 5. The molecule has 0 atom stereocenters. The number of rotatable bonds is 6. The van der Waals surface area contributed by atoms with Crippen LogP contribution in [-0.4, -0.2) is 40.7 Å². The second-order valence-electron chi connectivity index (χ2n) is 9.20. The van der Waals surface area contributed by atoms with Crippen LogP contribution < -0.4 is 4.74 Å². The van der Waals surface area contributed by atoms with E-state index in [4.69, 9.17) is 27.9 Å². The number of carbonyl (C=O) groups excluding carboxylic acids is 2. The molecule has 0 aromatic heterocycles. The molecule has 1 heterocycles. The van der Waals surface area contributed by atoms with Gasteiger partial charge in [0.1, 0.15) is 12.3 Å². The summed E-state index contributed by atoms with van der Waals surface area (Å²) in [5.41, 5.74) is 2.93. The lowest BCUT2D eigenvalue weighted by Gasteiger charge is -2.43. The van der Waals surface area contributed by atoms with E-state index in [1.54, 1.807) is 17.0 Å². The lowest BCUT2D eigenvalue weighted by atomic mass is 9.70. The van der Waals surface area contributed by atoms with Gasteiger partial charge in [-0.05, 0) is 43.7 Å². The van der Waals surface area contributed by atoms with Gasteiger partial charge in [0, 0.05) is 51.9 Å². The van der Waals surface area contributed by atoms with Gasteiger partial charge < -0.3 is 14.7 Å². The molecule has 2 aliphatic carbocycles. The molecule has 1 N–H and O–H groups in total. The molecular weight excluding hydrogens is 465 g/mol. The van der Waals surface area contributed by atoms with Crippen LogP contribution in [0, 0.1) is 5.92 Å². The Morgan fingerprint density at radius 1 is 1.06 bits per heavy atom. The molecule has 1 aromatic carbocycles. The molecule has 0 saturated heterocycles. The summed E-state index contributed by atoms with van der Waals surface area (Å²) in [6, 6.07) is 3.32. The largest absolute Gasteiger partial charge is 0.491 e. The van der Waals surface area contributed by atoms with Crippen LogP contribution in [0.15, 0.2) is 34.7 Å². The third kappa shape index (κ3) is 4.56. The monoisotopic (exact) mass is 491 g/mol. The lowest BCUT2D eigenvalue weighted by Crippen LogP contribution is -2.41. The molecule has 0 saturated carbocycles. The number of carbonyl (C=O) groups is 3. The minimum Gasteiger partial charge on any atom is -0.491 e. The molecule has 0 radical (unpaired) electrons. The standard InChI is InChI=1S/C25H27Cl2NO5/c1-13(2)12-33-25-15(9-14(26)10-16(25)27)22-23-17(5-3-7-19(23)29)28(11-21(31)32)18-6-4-8-20(30)24(18)22/h9-10,13,22H,3-8,11-12H2,1-2H3,(H,31,32). The van der Waals surface area contributed by atoms with Gasteiger partial charge in [-0.1, -0.05) is 37.0 Å². The number of hydrogen-bond donors (Lipinski definition) is 1. The van der Waals surface area contributed by atoms with Crippen LogP contribution in [0.1, 0.15) is 63.9 Å². The van der Waals surface area contributed by atoms with Crippen LogP contribution in [0.5, 0.6) is 5.75 Å². The Hall–Kier alpha value is -2.31. The fraction of sp³-hybridized carbons (Fsp3) is 0.480. The van der Waals surface area contributed by atoms with Crippen molar-refractivity contribution < 1.29 is 24.2 Å². The SMILES string of the molecule is CC(C)COc1c(Cl)cc(Cl)cc1C1C2=C(CCCC2=O)N(CC(=O)O)C2=C1C(=O)CCC2. The van der Waals surface area contributed by atoms with E-state index in [0.717, 1.165) is 0 Å². The minimum absolute atomic E-state index is 0.0764. The Kier molecular flexibility index (Phi) is 6.87. The van der Waals surface area contributed by atoms with Gasteiger partial charge in [0.15, 0.2) is 11.6 Å². The predicted molar refractivity (Wildman–Crippen MR) is 126 cm³/mol. The summed E-state index contributed by atoms with van der Waals surface area (Å²) in [7, 11) is 0. The van der Waals surface area contributed by atoms with Crippen molar-refractivity contribution in [3.8, 4) is 5.75 Å². The molecule has 0 spiro atoms. The van der Waals surface area contributed by atoms with Gasteiger partial charge in [-0.25, -0.2) is 0 Å². The number of aliphatic carboxylic acids is 1. The Balaban J connectivity index is 1.98. The van der Waals surface area contributed by atoms with Gasteiger partial charge in [0.2, 0.25) is 0 Å². The fourth-order valence-electron chi connectivity index (χ4n) is 5.05. The summed E-state index contributed by atoms with van der Waals surface area (Å²) < 4.78 is 6.09. The number of halogens is 2. The Labute approximate surface area is 203 Å². The van der Waals surface area contributed by atoms with Gasteiger partial charge in [0.05, 0.1) is 11.6 Å². The number of ketones is 2. The van der Waals surface area contributed by atoms with Crippen molar-refractivity contribution in [2.24, 2.45) is 5.92 Å². The highest BCUT2D eigenvalue weighted by Crippen LogP contribution is 2.52. The second-order valence-corrected chi connectivity index (χ2v) is 10.0. The Morgan fingerprint density at radius 3 is 2.15 bits per heavy atom. The zero-order valence-electron chi connectivity index (χ0n) is 18.7.